The SMILES string of the molecule is CC(N)c1ccnc(Sc2ccccc2)c1. The van der Waals surface area contributed by atoms with Gasteiger partial charge in [-0.3, -0.25) is 0 Å². The van der Waals surface area contributed by atoms with Gasteiger partial charge in [0.25, 0.3) is 0 Å². The summed E-state index contributed by atoms with van der Waals surface area (Å²) in [6.07, 6.45) is 1.81. The third-order valence-electron chi connectivity index (χ3n) is 2.25. The smallest absolute Gasteiger partial charge is 0.101 e. The van der Waals surface area contributed by atoms with Gasteiger partial charge in [-0.2, -0.15) is 0 Å². The lowest BCUT2D eigenvalue weighted by Gasteiger charge is -2.06. The van der Waals surface area contributed by atoms with Crippen LogP contribution in [0, 0.1) is 0 Å². The lowest BCUT2D eigenvalue weighted by atomic mass is 10.1. The number of hydrogen-bond donors (Lipinski definition) is 1. The number of nitrogens with zero attached hydrogens (tertiary/aromatic N) is 1. The fourth-order valence-electron chi connectivity index (χ4n) is 1.37. The number of rotatable bonds is 3. The Bertz CT molecular complexity index is 454. The highest BCUT2D eigenvalue weighted by molar-refractivity contribution is 7.99. The summed E-state index contributed by atoms with van der Waals surface area (Å²) in [5, 5.41) is 0.987. The summed E-state index contributed by atoms with van der Waals surface area (Å²) in [6, 6.07) is 14.3. The highest BCUT2D eigenvalue weighted by atomic mass is 32.2. The van der Waals surface area contributed by atoms with E-state index in [1.54, 1.807) is 11.8 Å². The van der Waals surface area contributed by atoms with Crippen LogP contribution in [0.15, 0.2) is 58.6 Å². The summed E-state index contributed by atoms with van der Waals surface area (Å²) in [7, 11) is 0. The fourth-order valence-corrected chi connectivity index (χ4v) is 2.22. The van der Waals surface area contributed by atoms with Gasteiger partial charge in [0, 0.05) is 17.1 Å². The van der Waals surface area contributed by atoms with E-state index in [9.17, 15) is 0 Å². The molecule has 0 aliphatic heterocycles. The van der Waals surface area contributed by atoms with Gasteiger partial charge in [-0.25, -0.2) is 4.98 Å². The standard InChI is InChI=1S/C13H14N2S/c1-10(14)11-7-8-15-13(9-11)16-12-5-3-2-4-6-12/h2-10H,14H2,1H3. The number of pyridine rings is 1. The second-order valence-electron chi connectivity index (χ2n) is 3.63. The van der Waals surface area contributed by atoms with Crippen LogP contribution in [0.2, 0.25) is 0 Å². The Morgan fingerprint density at radius 1 is 1.19 bits per heavy atom. The van der Waals surface area contributed by atoms with Crippen LogP contribution in [-0.2, 0) is 0 Å². The Hall–Kier alpha value is -1.32. The molecular formula is C13H14N2S. The average molecular weight is 230 g/mol. The topological polar surface area (TPSA) is 38.9 Å². The second kappa shape index (κ2) is 5.14. The van der Waals surface area contributed by atoms with E-state index < -0.39 is 0 Å². The molecule has 0 amide bonds. The van der Waals surface area contributed by atoms with Gasteiger partial charge < -0.3 is 5.73 Å². The third-order valence-corrected chi connectivity index (χ3v) is 3.19. The first-order chi connectivity index (χ1) is 7.75. The quantitative estimate of drug-likeness (QED) is 0.879. The normalized spacial score (nSPS) is 12.4. The number of benzene rings is 1. The molecule has 1 atom stereocenters. The van der Waals surface area contributed by atoms with Crippen molar-refractivity contribution in [3.63, 3.8) is 0 Å². The Morgan fingerprint density at radius 2 is 1.94 bits per heavy atom. The van der Waals surface area contributed by atoms with Crippen molar-refractivity contribution in [3.8, 4) is 0 Å². The van der Waals surface area contributed by atoms with Gasteiger partial charge in [-0.15, -0.1) is 0 Å². The van der Waals surface area contributed by atoms with E-state index in [1.807, 2.05) is 43.5 Å². The van der Waals surface area contributed by atoms with Crippen molar-refractivity contribution in [2.24, 2.45) is 5.73 Å². The Balaban J connectivity index is 2.19. The first-order valence-corrected chi connectivity index (χ1v) is 6.02. The van der Waals surface area contributed by atoms with Gasteiger partial charge in [0.15, 0.2) is 0 Å². The van der Waals surface area contributed by atoms with Crippen LogP contribution in [0.3, 0.4) is 0 Å². The molecular weight excluding hydrogens is 216 g/mol. The van der Waals surface area contributed by atoms with Crippen molar-refractivity contribution in [2.45, 2.75) is 22.9 Å². The van der Waals surface area contributed by atoms with Crippen LogP contribution >= 0.6 is 11.8 Å². The molecule has 82 valence electrons. The molecule has 2 aromatic rings. The van der Waals surface area contributed by atoms with Crippen LogP contribution in [-0.4, -0.2) is 4.98 Å². The Kier molecular flexibility index (Phi) is 3.59. The van der Waals surface area contributed by atoms with Crippen molar-refractivity contribution in [3.05, 3.63) is 54.2 Å². The highest BCUT2D eigenvalue weighted by Crippen LogP contribution is 2.26. The summed E-state index contributed by atoms with van der Waals surface area (Å²) in [4.78, 5) is 5.52. The lowest BCUT2D eigenvalue weighted by molar-refractivity contribution is 0.808. The molecule has 0 bridgehead atoms. The van der Waals surface area contributed by atoms with Gasteiger partial charge in [0.1, 0.15) is 5.03 Å². The lowest BCUT2D eigenvalue weighted by Crippen LogP contribution is -2.04. The minimum Gasteiger partial charge on any atom is -0.324 e. The summed E-state index contributed by atoms with van der Waals surface area (Å²) < 4.78 is 0. The van der Waals surface area contributed by atoms with Crippen molar-refractivity contribution >= 4 is 11.8 Å². The molecule has 0 fully saturated rings. The molecule has 0 spiro atoms. The van der Waals surface area contributed by atoms with E-state index in [4.69, 9.17) is 5.73 Å². The molecule has 0 saturated heterocycles. The van der Waals surface area contributed by atoms with E-state index in [0.29, 0.717) is 0 Å². The largest absolute Gasteiger partial charge is 0.324 e. The third kappa shape index (κ3) is 2.84. The zero-order valence-electron chi connectivity index (χ0n) is 9.13. The van der Waals surface area contributed by atoms with Gasteiger partial charge in [-0.05, 0) is 36.8 Å². The van der Waals surface area contributed by atoms with E-state index in [1.165, 1.54) is 4.90 Å². The van der Waals surface area contributed by atoms with E-state index in [0.717, 1.165) is 10.6 Å². The molecule has 1 aromatic carbocycles. The van der Waals surface area contributed by atoms with Crippen LogP contribution in [0.4, 0.5) is 0 Å². The molecule has 0 saturated carbocycles. The zero-order chi connectivity index (χ0) is 11.4. The summed E-state index contributed by atoms with van der Waals surface area (Å²) in [5.41, 5.74) is 6.96. The molecule has 1 unspecified atom stereocenters. The van der Waals surface area contributed by atoms with Crippen LogP contribution in [0.25, 0.3) is 0 Å². The maximum atomic E-state index is 5.84. The zero-order valence-corrected chi connectivity index (χ0v) is 9.95. The number of aromatic nitrogens is 1. The molecule has 1 heterocycles. The van der Waals surface area contributed by atoms with E-state index in [-0.39, 0.29) is 6.04 Å². The van der Waals surface area contributed by atoms with Crippen LogP contribution in [0.1, 0.15) is 18.5 Å². The molecule has 2 rings (SSSR count). The van der Waals surface area contributed by atoms with Crippen LogP contribution in [0.5, 0.6) is 0 Å². The van der Waals surface area contributed by atoms with Crippen LogP contribution < -0.4 is 5.73 Å². The van der Waals surface area contributed by atoms with E-state index >= 15 is 0 Å². The summed E-state index contributed by atoms with van der Waals surface area (Å²) in [6.45, 7) is 1.98. The Labute approximate surface area is 99.9 Å². The monoisotopic (exact) mass is 230 g/mol. The van der Waals surface area contributed by atoms with E-state index in [2.05, 4.69) is 17.1 Å². The summed E-state index contributed by atoms with van der Waals surface area (Å²) in [5.74, 6) is 0. The van der Waals surface area contributed by atoms with Gasteiger partial charge in [0.2, 0.25) is 0 Å². The number of hydrogen-bond acceptors (Lipinski definition) is 3. The molecule has 0 radical (unpaired) electrons. The minimum atomic E-state index is 0.0538. The maximum absolute atomic E-state index is 5.84. The molecule has 3 heteroatoms. The molecule has 16 heavy (non-hydrogen) atoms. The highest BCUT2D eigenvalue weighted by Gasteiger charge is 2.02. The predicted octanol–water partition coefficient (Wildman–Crippen LogP) is 3.25. The molecule has 1 aromatic heterocycles. The van der Waals surface area contributed by atoms with Gasteiger partial charge in [0.05, 0.1) is 0 Å². The van der Waals surface area contributed by atoms with Gasteiger partial charge in [-0.1, -0.05) is 30.0 Å². The van der Waals surface area contributed by atoms with Gasteiger partial charge >= 0.3 is 0 Å². The maximum Gasteiger partial charge on any atom is 0.101 e. The Morgan fingerprint density at radius 3 is 2.62 bits per heavy atom. The predicted molar refractivity (Wildman–Crippen MR) is 67.4 cm³/mol. The minimum absolute atomic E-state index is 0.0538. The number of nitrogens with two attached hydrogens (primary N) is 1. The molecule has 2 nitrogen and oxygen atoms in total. The second-order valence-corrected chi connectivity index (χ2v) is 4.73. The molecule has 0 aliphatic rings. The summed E-state index contributed by atoms with van der Waals surface area (Å²) >= 11 is 1.65. The van der Waals surface area contributed by atoms with Crippen molar-refractivity contribution in [2.75, 3.05) is 0 Å². The van der Waals surface area contributed by atoms with Crippen molar-refractivity contribution in [1.29, 1.82) is 0 Å². The fraction of sp³-hybridized carbons (Fsp3) is 0.154. The molecule has 2 N–H and O–H groups in total. The first-order valence-electron chi connectivity index (χ1n) is 5.20. The average Bonchev–Trinajstić information content (AvgIpc) is 2.30. The van der Waals surface area contributed by atoms with Crippen molar-refractivity contribution in [1.82, 2.24) is 4.98 Å². The molecule has 0 aliphatic carbocycles. The van der Waals surface area contributed by atoms with Crippen molar-refractivity contribution < 1.29 is 0 Å². The first kappa shape index (κ1) is 11.2.